The SMILES string of the molecule is Clc1nc(Cl)nc(Nc2cc[nH]c2-c2nc(Cl)nc(Cl)n2)n1. The van der Waals surface area contributed by atoms with Crippen LogP contribution in [0.25, 0.3) is 11.5 Å². The fourth-order valence-electron chi connectivity index (χ4n) is 1.60. The molecule has 112 valence electrons. The van der Waals surface area contributed by atoms with E-state index in [2.05, 4.69) is 40.2 Å². The van der Waals surface area contributed by atoms with Gasteiger partial charge >= 0.3 is 0 Å². The topological polar surface area (TPSA) is 105 Å². The van der Waals surface area contributed by atoms with Crippen LogP contribution in [-0.4, -0.2) is 34.9 Å². The fourth-order valence-corrected chi connectivity index (χ4v) is 2.33. The Kier molecular flexibility index (Phi) is 4.25. The van der Waals surface area contributed by atoms with Crippen molar-refractivity contribution in [2.75, 3.05) is 5.32 Å². The van der Waals surface area contributed by atoms with Crippen molar-refractivity contribution < 1.29 is 0 Å². The average Bonchev–Trinajstić information content (AvgIpc) is 2.84. The Bertz CT molecular complexity index is 795. The largest absolute Gasteiger partial charge is 0.357 e. The minimum absolute atomic E-state index is 0.0261. The Labute approximate surface area is 143 Å². The van der Waals surface area contributed by atoms with Gasteiger partial charge in [-0.2, -0.15) is 29.9 Å². The van der Waals surface area contributed by atoms with Gasteiger partial charge in [-0.15, -0.1) is 0 Å². The summed E-state index contributed by atoms with van der Waals surface area (Å²) in [5.41, 5.74) is 1.08. The second kappa shape index (κ2) is 6.17. The molecule has 0 amide bonds. The van der Waals surface area contributed by atoms with Crippen LogP contribution in [0.15, 0.2) is 12.3 Å². The number of aromatic amines is 1. The van der Waals surface area contributed by atoms with Crippen LogP contribution in [0.1, 0.15) is 0 Å². The van der Waals surface area contributed by atoms with Gasteiger partial charge in [0, 0.05) is 6.20 Å². The van der Waals surface area contributed by atoms with Crippen LogP contribution in [0.5, 0.6) is 0 Å². The van der Waals surface area contributed by atoms with Crippen molar-refractivity contribution in [1.29, 1.82) is 0 Å². The molecule has 3 heterocycles. The predicted octanol–water partition coefficient (Wildman–Crippen LogP) is 3.41. The van der Waals surface area contributed by atoms with E-state index >= 15 is 0 Å². The summed E-state index contributed by atoms with van der Waals surface area (Å²) >= 11 is 23.0. The third kappa shape index (κ3) is 3.36. The average molecular weight is 378 g/mol. The van der Waals surface area contributed by atoms with Crippen molar-refractivity contribution in [2.24, 2.45) is 0 Å². The Morgan fingerprint density at radius 3 is 1.91 bits per heavy atom. The Morgan fingerprint density at radius 2 is 1.32 bits per heavy atom. The van der Waals surface area contributed by atoms with E-state index in [1.807, 2.05) is 0 Å². The molecule has 22 heavy (non-hydrogen) atoms. The lowest BCUT2D eigenvalue weighted by molar-refractivity contribution is 1.04. The number of H-pyrrole nitrogens is 1. The number of hydrogen-bond acceptors (Lipinski definition) is 7. The highest BCUT2D eigenvalue weighted by Gasteiger charge is 2.14. The second-order valence-corrected chi connectivity index (χ2v) is 5.14. The number of hydrogen-bond donors (Lipinski definition) is 2. The van der Waals surface area contributed by atoms with E-state index in [1.54, 1.807) is 12.3 Å². The summed E-state index contributed by atoms with van der Waals surface area (Å²) in [6.45, 7) is 0. The standard InChI is InChI=1S/C10H4Cl4N8/c11-6-17-5(18-7(12)19-6)4-3(1-2-15-4)16-10-21-8(13)20-9(14)22-10/h1-2,15H,(H,16,20,21,22). The van der Waals surface area contributed by atoms with Crippen molar-refractivity contribution in [3.63, 3.8) is 0 Å². The Balaban J connectivity index is 1.98. The molecule has 0 aromatic carbocycles. The van der Waals surface area contributed by atoms with Gasteiger partial charge in [-0.25, -0.2) is 0 Å². The highest BCUT2D eigenvalue weighted by molar-refractivity contribution is 6.31. The van der Waals surface area contributed by atoms with E-state index in [9.17, 15) is 0 Å². The van der Waals surface area contributed by atoms with Crippen LogP contribution in [-0.2, 0) is 0 Å². The first kappa shape index (κ1) is 15.2. The van der Waals surface area contributed by atoms with Crippen LogP contribution in [0.3, 0.4) is 0 Å². The summed E-state index contributed by atoms with van der Waals surface area (Å²) in [7, 11) is 0. The molecule has 3 aromatic heterocycles. The fraction of sp³-hybridized carbons (Fsp3) is 0. The molecule has 0 atom stereocenters. The van der Waals surface area contributed by atoms with Gasteiger partial charge in [0.2, 0.25) is 27.1 Å². The molecular weight excluding hydrogens is 374 g/mol. The molecule has 0 aliphatic rings. The van der Waals surface area contributed by atoms with Crippen LogP contribution in [0.4, 0.5) is 11.6 Å². The molecule has 0 aliphatic carbocycles. The van der Waals surface area contributed by atoms with Gasteiger partial charge in [-0.1, -0.05) is 0 Å². The van der Waals surface area contributed by atoms with Crippen molar-refractivity contribution in [1.82, 2.24) is 34.9 Å². The van der Waals surface area contributed by atoms with Gasteiger partial charge in [0.1, 0.15) is 5.69 Å². The summed E-state index contributed by atoms with van der Waals surface area (Å²) in [6.07, 6.45) is 1.66. The second-order valence-electron chi connectivity index (χ2n) is 3.79. The smallest absolute Gasteiger partial charge is 0.232 e. The maximum absolute atomic E-state index is 5.77. The summed E-state index contributed by atoms with van der Waals surface area (Å²) in [4.78, 5) is 26.1. The first-order valence-corrected chi connectivity index (χ1v) is 7.11. The molecule has 12 heteroatoms. The van der Waals surface area contributed by atoms with Gasteiger partial charge < -0.3 is 10.3 Å². The zero-order chi connectivity index (χ0) is 15.7. The minimum Gasteiger partial charge on any atom is -0.357 e. The van der Waals surface area contributed by atoms with Gasteiger partial charge in [0.15, 0.2) is 5.82 Å². The first-order valence-electron chi connectivity index (χ1n) is 5.60. The van der Waals surface area contributed by atoms with Crippen LogP contribution in [0.2, 0.25) is 21.1 Å². The molecule has 0 unspecified atom stereocenters. The summed E-state index contributed by atoms with van der Waals surface area (Å²) in [5, 5.41) is 2.80. The molecule has 3 rings (SSSR count). The molecule has 0 radical (unpaired) electrons. The van der Waals surface area contributed by atoms with E-state index in [1.165, 1.54) is 0 Å². The zero-order valence-electron chi connectivity index (χ0n) is 10.3. The van der Waals surface area contributed by atoms with Gasteiger partial charge in [-0.3, -0.25) is 0 Å². The van der Waals surface area contributed by atoms with E-state index in [4.69, 9.17) is 46.4 Å². The lowest BCUT2D eigenvalue weighted by Gasteiger charge is -2.06. The van der Waals surface area contributed by atoms with Crippen molar-refractivity contribution in [2.45, 2.75) is 0 Å². The lowest BCUT2D eigenvalue weighted by Crippen LogP contribution is -2.01. The minimum atomic E-state index is -0.0363. The monoisotopic (exact) mass is 376 g/mol. The van der Waals surface area contributed by atoms with Gasteiger partial charge in [0.05, 0.1) is 5.69 Å². The summed E-state index contributed by atoms with van der Waals surface area (Å²) < 4.78 is 0. The number of nitrogens with one attached hydrogen (secondary N) is 2. The highest BCUT2D eigenvalue weighted by atomic mass is 35.5. The van der Waals surface area contributed by atoms with Crippen LogP contribution >= 0.6 is 46.4 Å². The van der Waals surface area contributed by atoms with Crippen molar-refractivity contribution in [3.8, 4) is 11.5 Å². The predicted molar refractivity (Wildman–Crippen MR) is 82.8 cm³/mol. The lowest BCUT2D eigenvalue weighted by atomic mass is 10.3. The zero-order valence-corrected chi connectivity index (χ0v) is 13.4. The van der Waals surface area contributed by atoms with E-state index in [-0.39, 0.29) is 32.9 Å². The molecule has 2 N–H and O–H groups in total. The first-order chi connectivity index (χ1) is 10.5. The molecule has 0 fully saturated rings. The van der Waals surface area contributed by atoms with E-state index in [0.29, 0.717) is 11.4 Å². The molecule has 0 saturated heterocycles. The highest BCUT2D eigenvalue weighted by Crippen LogP contribution is 2.27. The van der Waals surface area contributed by atoms with Crippen molar-refractivity contribution in [3.05, 3.63) is 33.4 Å². The third-order valence-corrected chi connectivity index (χ3v) is 3.05. The van der Waals surface area contributed by atoms with E-state index in [0.717, 1.165) is 0 Å². The Morgan fingerprint density at radius 1 is 0.773 bits per heavy atom. The van der Waals surface area contributed by atoms with Gasteiger partial charge in [-0.05, 0) is 52.5 Å². The van der Waals surface area contributed by atoms with Gasteiger partial charge in [0.25, 0.3) is 0 Å². The molecule has 0 spiro atoms. The number of nitrogens with zero attached hydrogens (tertiary/aromatic N) is 6. The van der Waals surface area contributed by atoms with Crippen LogP contribution < -0.4 is 5.32 Å². The molecule has 0 saturated carbocycles. The quantitative estimate of drug-likeness (QED) is 0.720. The molecule has 0 bridgehead atoms. The van der Waals surface area contributed by atoms with E-state index < -0.39 is 0 Å². The number of halogens is 4. The number of anilines is 2. The summed E-state index contributed by atoms with van der Waals surface area (Å²) in [6, 6.07) is 1.71. The number of rotatable bonds is 3. The summed E-state index contributed by atoms with van der Waals surface area (Å²) in [5.74, 6) is 0.417. The van der Waals surface area contributed by atoms with Crippen LogP contribution in [0, 0.1) is 0 Å². The maximum Gasteiger partial charge on any atom is 0.232 e. The maximum atomic E-state index is 5.77. The van der Waals surface area contributed by atoms with Crippen molar-refractivity contribution >= 4 is 58.0 Å². The Hall–Kier alpha value is -1.74. The normalized spacial score (nSPS) is 10.7. The molecule has 0 aliphatic heterocycles. The molecular formula is C10H4Cl4N8. The molecule has 3 aromatic rings. The number of aromatic nitrogens is 7. The third-order valence-electron chi connectivity index (χ3n) is 2.38. The molecule has 8 nitrogen and oxygen atoms in total.